The molecule has 0 saturated carbocycles. The maximum atomic E-state index is 13.7. The first-order chi connectivity index (χ1) is 25.0. The lowest BCUT2D eigenvalue weighted by Gasteiger charge is -2.34. The Morgan fingerprint density at radius 2 is 1.37 bits per heavy atom. The summed E-state index contributed by atoms with van der Waals surface area (Å²) in [6.07, 6.45) is -1.85. The van der Waals surface area contributed by atoms with E-state index in [2.05, 4.69) is 16.0 Å². The van der Waals surface area contributed by atoms with Gasteiger partial charge in [0.2, 0.25) is 23.6 Å². The predicted octanol–water partition coefficient (Wildman–Crippen LogP) is -0.193. The van der Waals surface area contributed by atoms with Crippen molar-refractivity contribution in [2.75, 3.05) is 20.8 Å². The Labute approximate surface area is 317 Å². The third kappa shape index (κ3) is 14.3. The highest BCUT2D eigenvalue weighted by Gasteiger charge is 2.38. The van der Waals surface area contributed by atoms with Gasteiger partial charge in [0.1, 0.15) is 29.8 Å². The number of amides is 5. The average Bonchev–Trinajstić information content (AvgIpc) is 3.09. The summed E-state index contributed by atoms with van der Waals surface area (Å²) in [6.45, 7) is 13.3. The van der Waals surface area contributed by atoms with Crippen LogP contribution >= 0.6 is 0 Å². The number of nitrogens with one attached hydrogen (secondary N) is 3. The van der Waals surface area contributed by atoms with Crippen LogP contribution < -0.4 is 21.8 Å². The van der Waals surface area contributed by atoms with Crippen LogP contribution in [0.25, 0.3) is 0 Å². The summed E-state index contributed by atoms with van der Waals surface area (Å²) in [4.78, 5) is 92.2. The Kier molecular flexibility index (Phi) is 18.7. The third-order valence-corrected chi connectivity index (χ3v) is 8.61. The van der Waals surface area contributed by atoms with E-state index in [1.54, 1.807) is 78.8 Å². The SMILES string of the molecule is COC(=O)C(NC(=O)C(NC(=O)CC(O)C(Cc1ccccc1)N(C)C(=O)C(C)NC(=O)C(C)N(N)C(=O)C(CO)C(=O)OC(C)(C)C)C(C)C)C(C)C. The van der Waals surface area contributed by atoms with Crippen LogP contribution in [-0.2, 0) is 49.5 Å². The number of methoxy groups -OCH3 is 1. The minimum absolute atomic E-state index is 0.107. The summed E-state index contributed by atoms with van der Waals surface area (Å²) in [5.41, 5.74) is -0.225. The first-order valence-electron chi connectivity index (χ1n) is 17.8. The average molecular weight is 765 g/mol. The second kappa shape index (κ2) is 21.3. The maximum absolute atomic E-state index is 13.7. The number of esters is 2. The number of nitrogens with zero attached hydrogens (tertiary/aromatic N) is 2. The quantitative estimate of drug-likeness (QED) is 0.0353. The molecule has 54 heavy (non-hydrogen) atoms. The van der Waals surface area contributed by atoms with Crippen LogP contribution in [-0.4, -0.2) is 124 Å². The molecule has 1 rings (SSSR count). The molecule has 1 aromatic carbocycles. The number of ether oxygens (including phenoxy) is 2. The van der Waals surface area contributed by atoms with Gasteiger partial charge in [-0.15, -0.1) is 0 Å². The number of aliphatic hydroxyl groups excluding tert-OH is 2. The number of benzene rings is 1. The molecule has 0 heterocycles. The Morgan fingerprint density at radius 3 is 1.85 bits per heavy atom. The van der Waals surface area contributed by atoms with E-state index in [0.29, 0.717) is 5.01 Å². The van der Waals surface area contributed by atoms with E-state index in [-0.39, 0.29) is 12.3 Å². The zero-order chi connectivity index (χ0) is 41.7. The molecule has 17 nitrogen and oxygen atoms in total. The van der Waals surface area contributed by atoms with Gasteiger partial charge in [-0.3, -0.25) is 33.8 Å². The lowest BCUT2D eigenvalue weighted by atomic mass is 9.96. The van der Waals surface area contributed by atoms with Crippen LogP contribution in [0.4, 0.5) is 0 Å². The molecule has 0 spiro atoms. The summed E-state index contributed by atoms with van der Waals surface area (Å²) < 4.78 is 9.97. The number of aliphatic hydroxyl groups is 2. The molecule has 0 aliphatic carbocycles. The van der Waals surface area contributed by atoms with Gasteiger partial charge in [0.15, 0.2) is 5.92 Å². The molecule has 7 unspecified atom stereocenters. The lowest BCUT2D eigenvalue weighted by molar-refractivity contribution is -0.168. The van der Waals surface area contributed by atoms with Gasteiger partial charge in [0.25, 0.3) is 5.91 Å². The molecule has 0 aromatic heterocycles. The minimum Gasteiger partial charge on any atom is -0.467 e. The largest absolute Gasteiger partial charge is 0.467 e. The Morgan fingerprint density at radius 1 is 0.815 bits per heavy atom. The van der Waals surface area contributed by atoms with Crippen LogP contribution in [0.15, 0.2) is 30.3 Å². The van der Waals surface area contributed by atoms with Gasteiger partial charge in [0, 0.05) is 7.05 Å². The number of carbonyl (C=O) groups is 7. The molecule has 17 heteroatoms. The van der Waals surface area contributed by atoms with Gasteiger partial charge >= 0.3 is 11.9 Å². The first kappa shape index (κ1) is 47.4. The van der Waals surface area contributed by atoms with Crippen molar-refractivity contribution in [3.05, 3.63) is 35.9 Å². The summed E-state index contributed by atoms with van der Waals surface area (Å²) in [5, 5.41) is 29.4. The molecule has 5 amide bonds. The number of hydrazine groups is 1. The molecule has 304 valence electrons. The fourth-order valence-electron chi connectivity index (χ4n) is 5.34. The van der Waals surface area contributed by atoms with Gasteiger partial charge < -0.3 is 40.5 Å². The number of rotatable bonds is 19. The van der Waals surface area contributed by atoms with Crippen molar-refractivity contribution in [2.24, 2.45) is 23.6 Å². The first-order valence-corrected chi connectivity index (χ1v) is 17.8. The Hall–Kier alpha value is -4.61. The van der Waals surface area contributed by atoms with Crippen molar-refractivity contribution in [2.45, 2.75) is 117 Å². The van der Waals surface area contributed by atoms with Crippen LogP contribution in [0.1, 0.15) is 74.3 Å². The highest BCUT2D eigenvalue weighted by atomic mass is 16.6. The van der Waals surface area contributed by atoms with Crippen molar-refractivity contribution in [1.82, 2.24) is 25.9 Å². The molecular formula is C37H60N6O11. The third-order valence-electron chi connectivity index (χ3n) is 8.61. The predicted molar refractivity (Wildman–Crippen MR) is 197 cm³/mol. The topological polar surface area (TPSA) is 247 Å². The van der Waals surface area contributed by atoms with E-state index in [4.69, 9.17) is 15.3 Å². The monoisotopic (exact) mass is 764 g/mol. The number of hydrogen-bond acceptors (Lipinski definition) is 12. The fourth-order valence-corrected chi connectivity index (χ4v) is 5.34. The molecular weight excluding hydrogens is 704 g/mol. The van der Waals surface area contributed by atoms with E-state index in [0.717, 1.165) is 5.56 Å². The van der Waals surface area contributed by atoms with E-state index >= 15 is 0 Å². The van der Waals surface area contributed by atoms with Crippen molar-refractivity contribution in [3.8, 4) is 0 Å². The molecule has 7 N–H and O–H groups in total. The van der Waals surface area contributed by atoms with Crippen molar-refractivity contribution in [1.29, 1.82) is 0 Å². The van der Waals surface area contributed by atoms with Crippen molar-refractivity contribution >= 4 is 41.5 Å². The Bertz CT molecular complexity index is 1450. The lowest BCUT2D eigenvalue weighted by Crippen LogP contribution is -2.59. The second-order valence-corrected chi connectivity index (χ2v) is 14.9. The fraction of sp³-hybridized carbons (Fsp3) is 0.649. The van der Waals surface area contributed by atoms with Gasteiger partial charge in [-0.1, -0.05) is 58.0 Å². The summed E-state index contributed by atoms with van der Waals surface area (Å²) >= 11 is 0. The van der Waals surface area contributed by atoms with Crippen LogP contribution in [0.3, 0.4) is 0 Å². The standard InChI is InChI=1S/C37H60N6O11/c1-20(2)29(32(48)41-30(21(3)4)36(52)53-11)40-28(46)18-27(45)26(17-24-15-13-12-14-16-24)42(10)33(49)22(5)39-31(47)23(6)43(38)34(50)25(19-44)35(51)54-37(7,8)9/h12-16,20-23,25-27,29-30,44-45H,17-19,38H2,1-11H3,(H,39,47)(H,40,46)(H,41,48). The summed E-state index contributed by atoms with van der Waals surface area (Å²) in [6, 6.07) is 3.27. The number of nitrogens with two attached hydrogens (primary N) is 1. The Balaban J connectivity index is 3.16. The van der Waals surface area contributed by atoms with E-state index in [9.17, 15) is 43.8 Å². The van der Waals surface area contributed by atoms with Crippen LogP contribution in [0.2, 0.25) is 0 Å². The molecule has 0 aliphatic rings. The van der Waals surface area contributed by atoms with Crippen molar-refractivity contribution in [3.63, 3.8) is 0 Å². The number of hydrogen-bond donors (Lipinski definition) is 6. The highest BCUT2D eigenvalue weighted by Crippen LogP contribution is 2.17. The van der Waals surface area contributed by atoms with Crippen LogP contribution in [0, 0.1) is 17.8 Å². The van der Waals surface area contributed by atoms with E-state index < -0.39 is 108 Å². The van der Waals surface area contributed by atoms with E-state index in [1.165, 1.54) is 32.9 Å². The zero-order valence-corrected chi connectivity index (χ0v) is 33.2. The molecule has 7 atom stereocenters. The molecule has 0 fully saturated rings. The smallest absolute Gasteiger partial charge is 0.328 e. The van der Waals surface area contributed by atoms with Gasteiger partial charge in [-0.05, 0) is 58.4 Å². The summed E-state index contributed by atoms with van der Waals surface area (Å²) in [5.74, 6) is -2.05. The van der Waals surface area contributed by atoms with Gasteiger partial charge in [0.05, 0.1) is 32.3 Å². The second-order valence-electron chi connectivity index (χ2n) is 14.9. The summed E-state index contributed by atoms with van der Waals surface area (Å²) in [7, 11) is 2.61. The molecule has 0 saturated heterocycles. The van der Waals surface area contributed by atoms with E-state index in [1.807, 2.05) is 0 Å². The molecule has 1 aromatic rings. The number of carbonyl (C=O) groups excluding carboxylic acids is 7. The molecule has 0 aliphatic heterocycles. The molecule has 0 radical (unpaired) electrons. The number of likely N-dealkylation sites (N-methyl/N-ethyl adjacent to an activating group) is 1. The normalized spacial score (nSPS) is 15.4. The van der Waals surface area contributed by atoms with Crippen molar-refractivity contribution < 1.29 is 53.2 Å². The molecule has 0 bridgehead atoms. The zero-order valence-electron chi connectivity index (χ0n) is 33.2. The van der Waals surface area contributed by atoms with Gasteiger partial charge in [-0.25, -0.2) is 10.6 Å². The maximum Gasteiger partial charge on any atom is 0.328 e. The van der Waals surface area contributed by atoms with Crippen LogP contribution in [0.5, 0.6) is 0 Å². The minimum atomic E-state index is -1.69. The van der Waals surface area contributed by atoms with Gasteiger partial charge in [-0.2, -0.15) is 0 Å². The highest BCUT2D eigenvalue weighted by molar-refractivity contribution is 6.00.